The number of hydrogen-bond donors (Lipinski definition) is 2. The van der Waals surface area contributed by atoms with Crippen molar-refractivity contribution in [3.05, 3.63) is 22.4 Å². The Balaban J connectivity index is 1.88. The molecule has 2 unspecified atom stereocenters. The minimum absolute atomic E-state index is 0.156. The third-order valence-electron chi connectivity index (χ3n) is 3.48. The summed E-state index contributed by atoms with van der Waals surface area (Å²) in [6.07, 6.45) is 3.72. The second-order valence-corrected chi connectivity index (χ2v) is 5.78. The van der Waals surface area contributed by atoms with Gasteiger partial charge in [0.05, 0.1) is 5.92 Å². The van der Waals surface area contributed by atoms with Crippen LogP contribution in [0.3, 0.4) is 0 Å². The molecule has 1 aliphatic rings. The van der Waals surface area contributed by atoms with Gasteiger partial charge in [0.2, 0.25) is 0 Å². The van der Waals surface area contributed by atoms with Crippen molar-refractivity contribution in [2.24, 2.45) is 5.92 Å². The Morgan fingerprint density at radius 3 is 3.06 bits per heavy atom. The van der Waals surface area contributed by atoms with Crippen LogP contribution in [-0.4, -0.2) is 17.1 Å². The summed E-state index contributed by atoms with van der Waals surface area (Å²) in [5.41, 5.74) is 0. The van der Waals surface area contributed by atoms with Crippen LogP contribution in [-0.2, 0) is 4.79 Å². The summed E-state index contributed by atoms with van der Waals surface area (Å²) < 4.78 is 0. The van der Waals surface area contributed by atoms with E-state index in [2.05, 4.69) is 29.8 Å². The van der Waals surface area contributed by atoms with Gasteiger partial charge in [0, 0.05) is 17.0 Å². The third kappa shape index (κ3) is 3.30. The smallest absolute Gasteiger partial charge is 0.306 e. The van der Waals surface area contributed by atoms with Gasteiger partial charge in [-0.15, -0.1) is 11.3 Å². The van der Waals surface area contributed by atoms with E-state index < -0.39 is 5.97 Å². The minimum atomic E-state index is -0.639. The lowest BCUT2D eigenvalue weighted by Gasteiger charge is -2.29. The summed E-state index contributed by atoms with van der Waals surface area (Å²) in [6, 6.07) is 4.85. The van der Waals surface area contributed by atoms with E-state index in [9.17, 15) is 4.79 Å². The highest BCUT2D eigenvalue weighted by Crippen LogP contribution is 2.27. The second-order valence-electron chi connectivity index (χ2n) is 4.80. The third-order valence-corrected chi connectivity index (χ3v) is 4.53. The molecule has 3 nitrogen and oxygen atoms in total. The van der Waals surface area contributed by atoms with Gasteiger partial charge in [-0.1, -0.05) is 12.5 Å². The Morgan fingerprint density at radius 1 is 1.59 bits per heavy atom. The number of carbonyl (C=O) groups is 1. The summed E-state index contributed by atoms with van der Waals surface area (Å²) in [6.45, 7) is 2.15. The van der Waals surface area contributed by atoms with E-state index in [-0.39, 0.29) is 5.92 Å². The molecule has 0 bridgehead atoms. The molecule has 0 spiro atoms. The molecule has 2 N–H and O–H groups in total. The van der Waals surface area contributed by atoms with Gasteiger partial charge in [0.1, 0.15) is 0 Å². The molecule has 3 atom stereocenters. The lowest BCUT2D eigenvalue weighted by atomic mass is 9.85. The maximum absolute atomic E-state index is 11.0. The zero-order chi connectivity index (χ0) is 12.3. The monoisotopic (exact) mass is 253 g/mol. The molecule has 0 aliphatic heterocycles. The highest BCUT2D eigenvalue weighted by atomic mass is 32.1. The van der Waals surface area contributed by atoms with Gasteiger partial charge in [-0.2, -0.15) is 0 Å². The first-order valence-corrected chi connectivity index (χ1v) is 7.07. The van der Waals surface area contributed by atoms with E-state index >= 15 is 0 Å². The van der Waals surface area contributed by atoms with Crippen molar-refractivity contribution in [3.63, 3.8) is 0 Å². The molecule has 1 heterocycles. The van der Waals surface area contributed by atoms with E-state index in [0.717, 1.165) is 25.7 Å². The SMILES string of the molecule is C[C@H](NC1CCCC(C(=O)O)C1)c1cccs1. The zero-order valence-corrected chi connectivity index (χ0v) is 10.9. The molecule has 17 heavy (non-hydrogen) atoms. The van der Waals surface area contributed by atoms with Crippen molar-refractivity contribution in [1.82, 2.24) is 5.32 Å². The lowest BCUT2D eigenvalue weighted by Crippen LogP contribution is -2.37. The van der Waals surface area contributed by atoms with Gasteiger partial charge in [-0.3, -0.25) is 4.79 Å². The van der Waals surface area contributed by atoms with Crippen LogP contribution in [0.4, 0.5) is 0 Å². The molecule has 1 aliphatic carbocycles. The number of rotatable bonds is 4. The first-order valence-electron chi connectivity index (χ1n) is 6.19. The highest BCUT2D eigenvalue weighted by Gasteiger charge is 2.27. The molecule has 1 fully saturated rings. The van der Waals surface area contributed by atoms with Gasteiger partial charge in [0.25, 0.3) is 0 Å². The maximum atomic E-state index is 11.0. The normalized spacial score (nSPS) is 26.6. The molecule has 0 saturated heterocycles. The van der Waals surface area contributed by atoms with Crippen LogP contribution in [0.5, 0.6) is 0 Å². The number of carboxylic acid groups (broad SMARTS) is 1. The molecular formula is C13H19NO2S. The predicted molar refractivity (Wildman–Crippen MR) is 69.3 cm³/mol. The number of nitrogens with one attached hydrogen (secondary N) is 1. The van der Waals surface area contributed by atoms with Crippen molar-refractivity contribution in [2.75, 3.05) is 0 Å². The maximum Gasteiger partial charge on any atom is 0.306 e. The van der Waals surface area contributed by atoms with Crippen molar-refractivity contribution >= 4 is 17.3 Å². The van der Waals surface area contributed by atoms with Gasteiger partial charge in [-0.25, -0.2) is 0 Å². The summed E-state index contributed by atoms with van der Waals surface area (Å²) in [5.74, 6) is -0.794. The molecule has 1 aromatic heterocycles. The van der Waals surface area contributed by atoms with Gasteiger partial charge in [0.15, 0.2) is 0 Å². The van der Waals surface area contributed by atoms with E-state index in [4.69, 9.17) is 5.11 Å². The minimum Gasteiger partial charge on any atom is -0.481 e. The van der Waals surface area contributed by atoms with Crippen molar-refractivity contribution in [2.45, 2.75) is 44.7 Å². The van der Waals surface area contributed by atoms with E-state index in [0.29, 0.717) is 12.1 Å². The van der Waals surface area contributed by atoms with Crippen LogP contribution in [0.15, 0.2) is 17.5 Å². The molecule has 1 saturated carbocycles. The lowest BCUT2D eigenvalue weighted by molar-refractivity contribution is -0.143. The Hall–Kier alpha value is -0.870. The fourth-order valence-electron chi connectivity index (χ4n) is 2.54. The Kier molecular flexibility index (Phi) is 4.18. The average Bonchev–Trinajstić information content (AvgIpc) is 2.82. The Bertz CT molecular complexity index is 364. The van der Waals surface area contributed by atoms with Crippen molar-refractivity contribution in [3.8, 4) is 0 Å². The summed E-state index contributed by atoms with van der Waals surface area (Å²) in [4.78, 5) is 12.3. The topological polar surface area (TPSA) is 49.3 Å². The molecule has 94 valence electrons. The molecule has 1 aromatic rings. The van der Waals surface area contributed by atoms with Crippen molar-refractivity contribution < 1.29 is 9.90 Å². The number of carboxylic acids is 1. The standard InChI is InChI=1S/C13H19NO2S/c1-9(12-6-3-7-17-12)14-11-5-2-4-10(8-11)13(15)16/h3,6-7,9-11,14H,2,4-5,8H2,1H3,(H,15,16)/t9-,10?,11?/m0/s1. The summed E-state index contributed by atoms with van der Waals surface area (Å²) in [5, 5.41) is 14.7. The average molecular weight is 253 g/mol. The number of aliphatic carboxylic acids is 1. The molecule has 0 amide bonds. The number of thiophene rings is 1. The largest absolute Gasteiger partial charge is 0.481 e. The fraction of sp³-hybridized carbons (Fsp3) is 0.615. The van der Waals surface area contributed by atoms with E-state index in [1.807, 2.05) is 0 Å². The molecule has 2 rings (SSSR count). The predicted octanol–water partition coefficient (Wildman–Crippen LogP) is 3.04. The van der Waals surface area contributed by atoms with Crippen LogP contribution >= 0.6 is 11.3 Å². The van der Waals surface area contributed by atoms with E-state index in [1.54, 1.807) is 11.3 Å². The first-order chi connectivity index (χ1) is 8.16. The Morgan fingerprint density at radius 2 is 2.41 bits per heavy atom. The van der Waals surface area contributed by atoms with Crippen LogP contribution < -0.4 is 5.32 Å². The van der Waals surface area contributed by atoms with Crippen LogP contribution in [0.1, 0.15) is 43.5 Å². The van der Waals surface area contributed by atoms with E-state index in [1.165, 1.54) is 4.88 Å². The quantitative estimate of drug-likeness (QED) is 0.867. The molecule has 0 radical (unpaired) electrons. The molecular weight excluding hydrogens is 234 g/mol. The van der Waals surface area contributed by atoms with Crippen LogP contribution in [0, 0.1) is 5.92 Å². The molecule has 4 heteroatoms. The summed E-state index contributed by atoms with van der Waals surface area (Å²) in [7, 11) is 0. The first kappa shape index (κ1) is 12.6. The Labute approximate surface area is 106 Å². The zero-order valence-electron chi connectivity index (χ0n) is 10.1. The second kappa shape index (κ2) is 5.65. The summed E-state index contributed by atoms with van der Waals surface area (Å²) >= 11 is 1.75. The molecule has 0 aromatic carbocycles. The van der Waals surface area contributed by atoms with Crippen LogP contribution in [0.25, 0.3) is 0 Å². The van der Waals surface area contributed by atoms with Crippen LogP contribution in [0.2, 0.25) is 0 Å². The fourth-order valence-corrected chi connectivity index (χ4v) is 3.28. The van der Waals surface area contributed by atoms with Gasteiger partial charge < -0.3 is 10.4 Å². The van der Waals surface area contributed by atoms with Gasteiger partial charge >= 0.3 is 5.97 Å². The van der Waals surface area contributed by atoms with Crippen molar-refractivity contribution in [1.29, 1.82) is 0 Å². The number of hydrogen-bond acceptors (Lipinski definition) is 3. The highest BCUT2D eigenvalue weighted by molar-refractivity contribution is 7.10. The van der Waals surface area contributed by atoms with Gasteiger partial charge in [-0.05, 0) is 37.6 Å².